The van der Waals surface area contributed by atoms with E-state index < -0.39 is 12.1 Å². The molecule has 0 saturated carbocycles. The van der Waals surface area contributed by atoms with Gasteiger partial charge in [-0.1, -0.05) is 6.42 Å². The number of nitrogens with two attached hydrogens (primary N) is 1. The van der Waals surface area contributed by atoms with Crippen LogP contribution in [0.4, 0.5) is 0 Å². The predicted octanol–water partition coefficient (Wildman–Crippen LogP) is -0.158. The summed E-state index contributed by atoms with van der Waals surface area (Å²) in [5.74, 6) is -0.924. The van der Waals surface area contributed by atoms with Gasteiger partial charge in [-0.05, 0) is 12.8 Å². The minimum atomic E-state index is -0.924. The molecular formula is C7H14N2O2. The summed E-state index contributed by atoms with van der Waals surface area (Å²) in [6, 6.07) is 0. The fraction of sp³-hybridized carbons (Fsp3) is 0.857. The highest BCUT2D eigenvalue weighted by Crippen LogP contribution is 2.09. The lowest BCUT2D eigenvalue weighted by atomic mass is 10.1. The maximum absolute atomic E-state index is 10.4. The van der Waals surface area contributed by atoms with Gasteiger partial charge in [-0.2, -0.15) is 0 Å². The number of carboxylic acid groups (broad SMARTS) is 1. The lowest BCUT2D eigenvalue weighted by molar-refractivity contribution is -0.143. The van der Waals surface area contributed by atoms with E-state index in [1.165, 1.54) is 6.42 Å². The normalized spacial score (nSPS) is 23.0. The van der Waals surface area contributed by atoms with E-state index in [0.29, 0.717) is 0 Å². The average Bonchev–Trinajstić information content (AvgIpc) is 2.05. The molecule has 0 amide bonds. The van der Waals surface area contributed by atoms with E-state index in [2.05, 4.69) is 0 Å². The predicted molar refractivity (Wildman–Crippen MR) is 41.0 cm³/mol. The molecule has 4 nitrogen and oxygen atoms in total. The van der Waals surface area contributed by atoms with E-state index in [-0.39, 0.29) is 0 Å². The van der Waals surface area contributed by atoms with Crippen molar-refractivity contribution in [3.05, 3.63) is 0 Å². The molecule has 4 heteroatoms. The maximum Gasteiger partial charge on any atom is 0.335 e. The van der Waals surface area contributed by atoms with Crippen LogP contribution in [0.1, 0.15) is 19.3 Å². The van der Waals surface area contributed by atoms with Gasteiger partial charge in [-0.3, -0.25) is 4.90 Å². The van der Waals surface area contributed by atoms with Crippen molar-refractivity contribution in [2.75, 3.05) is 13.1 Å². The number of carbonyl (C=O) groups is 1. The molecule has 1 saturated heterocycles. The second-order valence-electron chi connectivity index (χ2n) is 2.88. The molecule has 3 N–H and O–H groups in total. The van der Waals surface area contributed by atoms with E-state index >= 15 is 0 Å². The number of nitrogens with zero attached hydrogens (tertiary/aromatic N) is 1. The Kier molecular flexibility index (Phi) is 2.84. The Balaban J connectivity index is 2.38. The first-order valence-electron chi connectivity index (χ1n) is 3.94. The average molecular weight is 158 g/mol. The van der Waals surface area contributed by atoms with E-state index in [0.717, 1.165) is 25.9 Å². The fourth-order valence-corrected chi connectivity index (χ4v) is 1.35. The second-order valence-corrected chi connectivity index (χ2v) is 2.88. The Hall–Kier alpha value is -0.610. The Morgan fingerprint density at radius 2 is 1.91 bits per heavy atom. The number of rotatable bonds is 2. The van der Waals surface area contributed by atoms with Crippen LogP contribution in [-0.4, -0.2) is 35.2 Å². The number of hydrogen-bond donors (Lipinski definition) is 2. The van der Waals surface area contributed by atoms with Crippen LogP contribution in [0.15, 0.2) is 0 Å². The van der Waals surface area contributed by atoms with Gasteiger partial charge in [0.2, 0.25) is 0 Å². The molecule has 0 aromatic carbocycles. The minimum Gasteiger partial charge on any atom is -0.479 e. The van der Waals surface area contributed by atoms with Gasteiger partial charge in [-0.25, -0.2) is 4.79 Å². The van der Waals surface area contributed by atoms with Crippen molar-refractivity contribution in [1.82, 2.24) is 4.90 Å². The number of aliphatic carboxylic acids is 1. The first-order valence-corrected chi connectivity index (χ1v) is 3.94. The zero-order chi connectivity index (χ0) is 8.27. The molecular weight excluding hydrogens is 144 g/mol. The highest BCUT2D eigenvalue weighted by Gasteiger charge is 2.21. The van der Waals surface area contributed by atoms with Gasteiger partial charge in [0.15, 0.2) is 6.17 Å². The van der Waals surface area contributed by atoms with Crippen molar-refractivity contribution < 1.29 is 9.90 Å². The molecule has 1 rings (SSSR count). The molecule has 1 heterocycles. The van der Waals surface area contributed by atoms with E-state index in [9.17, 15) is 4.79 Å². The monoisotopic (exact) mass is 158 g/mol. The molecule has 0 bridgehead atoms. The lowest BCUT2D eigenvalue weighted by Gasteiger charge is -2.29. The smallest absolute Gasteiger partial charge is 0.335 e. The quantitative estimate of drug-likeness (QED) is 0.586. The fourth-order valence-electron chi connectivity index (χ4n) is 1.35. The Morgan fingerprint density at radius 1 is 1.36 bits per heavy atom. The largest absolute Gasteiger partial charge is 0.479 e. The van der Waals surface area contributed by atoms with Crippen molar-refractivity contribution in [3.63, 3.8) is 0 Å². The maximum atomic E-state index is 10.4. The molecule has 0 aromatic heterocycles. The summed E-state index contributed by atoms with van der Waals surface area (Å²) < 4.78 is 0. The molecule has 1 unspecified atom stereocenters. The third kappa shape index (κ3) is 2.17. The molecule has 0 aromatic rings. The SMILES string of the molecule is NC(C(=O)O)N1CCCCC1. The van der Waals surface area contributed by atoms with E-state index in [1.807, 2.05) is 4.90 Å². The Morgan fingerprint density at radius 3 is 2.36 bits per heavy atom. The van der Waals surface area contributed by atoms with Gasteiger partial charge in [-0.15, -0.1) is 0 Å². The van der Waals surface area contributed by atoms with Crippen LogP contribution in [-0.2, 0) is 4.79 Å². The van der Waals surface area contributed by atoms with Crippen LogP contribution in [0.25, 0.3) is 0 Å². The van der Waals surface area contributed by atoms with Crippen molar-refractivity contribution in [1.29, 1.82) is 0 Å². The van der Waals surface area contributed by atoms with Gasteiger partial charge >= 0.3 is 5.97 Å². The van der Waals surface area contributed by atoms with Crippen LogP contribution in [0.2, 0.25) is 0 Å². The number of hydrogen-bond acceptors (Lipinski definition) is 3. The van der Waals surface area contributed by atoms with Crippen molar-refractivity contribution >= 4 is 5.97 Å². The molecule has 1 atom stereocenters. The van der Waals surface area contributed by atoms with Gasteiger partial charge in [0.05, 0.1) is 0 Å². The van der Waals surface area contributed by atoms with Crippen LogP contribution >= 0.6 is 0 Å². The van der Waals surface area contributed by atoms with E-state index in [1.54, 1.807) is 0 Å². The van der Waals surface area contributed by atoms with Crippen molar-refractivity contribution in [2.24, 2.45) is 5.73 Å². The van der Waals surface area contributed by atoms with Crippen LogP contribution < -0.4 is 5.73 Å². The minimum absolute atomic E-state index is 0.796. The molecule has 0 aliphatic carbocycles. The third-order valence-corrected chi connectivity index (χ3v) is 2.04. The summed E-state index contributed by atoms with van der Waals surface area (Å²) >= 11 is 0. The molecule has 1 aliphatic heterocycles. The summed E-state index contributed by atoms with van der Waals surface area (Å²) in [7, 11) is 0. The summed E-state index contributed by atoms with van der Waals surface area (Å²) in [5, 5.41) is 8.57. The second kappa shape index (κ2) is 3.69. The summed E-state index contributed by atoms with van der Waals surface area (Å²) in [6.07, 6.45) is 2.54. The molecule has 11 heavy (non-hydrogen) atoms. The van der Waals surface area contributed by atoms with E-state index in [4.69, 9.17) is 10.8 Å². The van der Waals surface area contributed by atoms with Crippen LogP contribution in [0.5, 0.6) is 0 Å². The Bertz CT molecular complexity index is 143. The van der Waals surface area contributed by atoms with Gasteiger partial charge in [0, 0.05) is 13.1 Å². The topological polar surface area (TPSA) is 66.6 Å². The summed E-state index contributed by atoms with van der Waals surface area (Å²) in [4.78, 5) is 12.2. The molecule has 1 aliphatic rings. The summed E-state index contributed by atoms with van der Waals surface area (Å²) in [6.45, 7) is 1.65. The third-order valence-electron chi connectivity index (χ3n) is 2.04. The van der Waals surface area contributed by atoms with Crippen molar-refractivity contribution in [3.8, 4) is 0 Å². The highest BCUT2D eigenvalue weighted by molar-refractivity contribution is 5.72. The number of likely N-dealkylation sites (tertiary alicyclic amines) is 1. The molecule has 0 radical (unpaired) electrons. The van der Waals surface area contributed by atoms with Crippen LogP contribution in [0, 0.1) is 0 Å². The molecule has 64 valence electrons. The first-order chi connectivity index (χ1) is 5.22. The Labute approximate surface area is 66.0 Å². The standard InChI is InChI=1S/C7H14N2O2/c8-6(7(10)11)9-4-2-1-3-5-9/h6H,1-5,8H2,(H,10,11). The zero-order valence-electron chi connectivity index (χ0n) is 6.49. The number of piperidine rings is 1. The van der Waals surface area contributed by atoms with Gasteiger partial charge in [0.25, 0.3) is 0 Å². The zero-order valence-corrected chi connectivity index (χ0v) is 6.49. The summed E-state index contributed by atoms with van der Waals surface area (Å²) in [5.41, 5.74) is 5.42. The van der Waals surface area contributed by atoms with Gasteiger partial charge in [0.1, 0.15) is 0 Å². The lowest BCUT2D eigenvalue weighted by Crippen LogP contribution is -2.49. The van der Waals surface area contributed by atoms with Crippen molar-refractivity contribution in [2.45, 2.75) is 25.4 Å². The van der Waals surface area contributed by atoms with Crippen LogP contribution in [0.3, 0.4) is 0 Å². The first kappa shape index (κ1) is 8.49. The number of carboxylic acids is 1. The highest BCUT2D eigenvalue weighted by atomic mass is 16.4. The molecule has 0 spiro atoms. The molecule has 1 fully saturated rings. The van der Waals surface area contributed by atoms with Gasteiger partial charge < -0.3 is 10.8 Å².